The first kappa shape index (κ1) is 25.7. The fourth-order valence-electron chi connectivity index (χ4n) is 3.08. The molecule has 0 fully saturated rings. The number of hydrogen-bond donors (Lipinski definition) is 0. The maximum absolute atomic E-state index is 12.0. The lowest BCUT2D eigenvalue weighted by atomic mass is 9.93. The molecule has 174 valence electrons. The van der Waals surface area contributed by atoms with Gasteiger partial charge >= 0.3 is 5.97 Å². The summed E-state index contributed by atoms with van der Waals surface area (Å²) >= 11 is 1.54. The highest BCUT2D eigenvalue weighted by Crippen LogP contribution is 2.21. The molecule has 31 heavy (non-hydrogen) atoms. The number of unbranched alkanes of at least 4 members (excludes halogenated alkanes) is 1. The minimum absolute atomic E-state index is 0.130. The third-order valence-electron chi connectivity index (χ3n) is 5.25. The number of aromatic nitrogens is 3. The lowest BCUT2D eigenvalue weighted by Gasteiger charge is -2.17. The van der Waals surface area contributed by atoms with Gasteiger partial charge < -0.3 is 14.0 Å². The van der Waals surface area contributed by atoms with Gasteiger partial charge in [-0.3, -0.25) is 4.79 Å². The van der Waals surface area contributed by atoms with Gasteiger partial charge in [-0.1, -0.05) is 53.9 Å². The van der Waals surface area contributed by atoms with Crippen LogP contribution in [0, 0.1) is 11.3 Å². The zero-order valence-corrected chi connectivity index (χ0v) is 20.7. The van der Waals surface area contributed by atoms with Gasteiger partial charge in [-0.15, -0.1) is 11.8 Å². The van der Waals surface area contributed by atoms with Crippen LogP contribution in [0.25, 0.3) is 11.2 Å². The molecule has 0 aromatic carbocycles. The molecule has 0 saturated heterocycles. The minimum Gasteiger partial charge on any atom is -0.465 e. The van der Waals surface area contributed by atoms with E-state index in [-0.39, 0.29) is 11.4 Å². The third-order valence-corrected chi connectivity index (χ3v) is 6.15. The van der Waals surface area contributed by atoms with Crippen molar-refractivity contribution < 1.29 is 14.3 Å². The van der Waals surface area contributed by atoms with Gasteiger partial charge in [0.25, 0.3) is 0 Å². The number of esters is 1. The van der Waals surface area contributed by atoms with Crippen LogP contribution in [0.15, 0.2) is 23.5 Å². The van der Waals surface area contributed by atoms with Crippen molar-refractivity contribution in [1.29, 1.82) is 0 Å². The van der Waals surface area contributed by atoms with E-state index in [1.807, 2.05) is 16.8 Å². The van der Waals surface area contributed by atoms with E-state index in [4.69, 9.17) is 9.47 Å². The average Bonchev–Trinajstić information content (AvgIpc) is 3.13. The number of carbonyl (C=O) groups is 1. The van der Waals surface area contributed by atoms with Gasteiger partial charge in [-0.2, -0.15) is 0 Å². The second kappa shape index (κ2) is 13.1. The fraction of sp³-hybridized carbons (Fsp3) is 0.708. The van der Waals surface area contributed by atoms with Crippen LogP contribution in [0.3, 0.4) is 0 Å². The molecule has 2 aromatic heterocycles. The summed E-state index contributed by atoms with van der Waals surface area (Å²) < 4.78 is 13.2. The summed E-state index contributed by atoms with van der Waals surface area (Å²) in [7, 11) is 0. The molecule has 0 aliphatic carbocycles. The van der Waals surface area contributed by atoms with Crippen LogP contribution in [-0.2, 0) is 21.0 Å². The second-order valence-corrected chi connectivity index (χ2v) is 10.4. The maximum atomic E-state index is 12.0. The summed E-state index contributed by atoms with van der Waals surface area (Å²) in [5.41, 5.74) is 1.93. The smallest absolute Gasteiger partial charge is 0.306 e. The van der Waals surface area contributed by atoms with Crippen molar-refractivity contribution in [2.24, 2.45) is 11.3 Å². The SMILES string of the molecule is CCCCC(CC)COC(=O)CCSc1cnc2c(ccn2COCCC(C)(C)C)n1. The monoisotopic (exact) mass is 449 g/mol. The van der Waals surface area contributed by atoms with Gasteiger partial charge in [0, 0.05) is 18.6 Å². The zero-order chi connectivity index (χ0) is 22.7. The van der Waals surface area contributed by atoms with Gasteiger partial charge in [0.05, 0.1) is 19.2 Å². The van der Waals surface area contributed by atoms with E-state index in [1.54, 1.807) is 6.20 Å². The fourth-order valence-corrected chi connectivity index (χ4v) is 3.85. The third kappa shape index (κ3) is 9.60. The quantitative estimate of drug-likeness (QED) is 0.198. The molecule has 7 heteroatoms. The first-order chi connectivity index (χ1) is 14.8. The summed E-state index contributed by atoms with van der Waals surface area (Å²) in [5, 5.41) is 0.820. The van der Waals surface area contributed by atoms with Crippen molar-refractivity contribution >= 4 is 28.9 Å². The second-order valence-electron chi connectivity index (χ2n) is 9.25. The normalized spacial score (nSPS) is 12.9. The highest BCUT2D eigenvalue weighted by atomic mass is 32.2. The topological polar surface area (TPSA) is 66.2 Å². The molecule has 0 aliphatic heterocycles. The maximum Gasteiger partial charge on any atom is 0.306 e. The van der Waals surface area contributed by atoms with Crippen LogP contribution in [0.2, 0.25) is 0 Å². The first-order valence-corrected chi connectivity index (χ1v) is 12.5. The summed E-state index contributed by atoms with van der Waals surface area (Å²) in [5.74, 6) is 0.989. The number of thioether (sulfide) groups is 1. The molecule has 2 heterocycles. The molecule has 0 bridgehead atoms. The highest BCUT2D eigenvalue weighted by molar-refractivity contribution is 7.99. The molecule has 2 aromatic rings. The van der Waals surface area contributed by atoms with Crippen LogP contribution >= 0.6 is 11.8 Å². The molecule has 0 aliphatic rings. The van der Waals surface area contributed by atoms with Gasteiger partial charge in [0.1, 0.15) is 17.3 Å². The van der Waals surface area contributed by atoms with Gasteiger partial charge in [0.2, 0.25) is 0 Å². The van der Waals surface area contributed by atoms with Crippen LogP contribution in [0.5, 0.6) is 0 Å². The first-order valence-electron chi connectivity index (χ1n) is 11.5. The molecule has 6 nitrogen and oxygen atoms in total. The molecular weight excluding hydrogens is 410 g/mol. The standard InChI is InChI=1S/C24H39N3O3S/c1-6-8-9-19(7-2)17-30-22(28)11-15-31-21-16-25-23-20(26-21)10-13-27(23)18-29-14-12-24(3,4)5/h10,13,16,19H,6-9,11-12,14-15,17-18H2,1-5H3. The largest absolute Gasteiger partial charge is 0.465 e. The summed E-state index contributed by atoms with van der Waals surface area (Å²) in [4.78, 5) is 21.2. The Kier molecular flexibility index (Phi) is 10.8. The van der Waals surface area contributed by atoms with E-state index in [2.05, 4.69) is 44.6 Å². The van der Waals surface area contributed by atoms with Crippen molar-refractivity contribution in [3.63, 3.8) is 0 Å². The minimum atomic E-state index is -0.130. The number of rotatable bonds is 14. The molecule has 0 N–H and O–H groups in total. The van der Waals surface area contributed by atoms with Crippen LogP contribution in [0.4, 0.5) is 0 Å². The molecule has 2 rings (SSSR count). The van der Waals surface area contributed by atoms with E-state index in [1.165, 1.54) is 24.6 Å². The Bertz CT molecular complexity index is 801. The van der Waals surface area contributed by atoms with Gasteiger partial charge in [-0.05, 0) is 30.2 Å². The number of carbonyl (C=O) groups excluding carboxylic acids is 1. The van der Waals surface area contributed by atoms with Gasteiger partial charge in [-0.25, -0.2) is 9.97 Å². The summed E-state index contributed by atoms with van der Waals surface area (Å²) in [6.45, 7) is 12.7. The average molecular weight is 450 g/mol. The predicted octanol–water partition coefficient (Wildman–Crippen LogP) is 6.08. The van der Waals surface area contributed by atoms with Crippen LogP contribution in [0.1, 0.15) is 73.1 Å². The van der Waals surface area contributed by atoms with Crippen LogP contribution in [-0.4, -0.2) is 39.5 Å². The van der Waals surface area contributed by atoms with Crippen molar-refractivity contribution in [2.75, 3.05) is 19.0 Å². The number of fused-ring (bicyclic) bond motifs is 1. The Morgan fingerprint density at radius 2 is 2.10 bits per heavy atom. The van der Waals surface area contributed by atoms with Crippen molar-refractivity contribution in [2.45, 2.75) is 84.9 Å². The van der Waals surface area contributed by atoms with E-state index < -0.39 is 0 Å². The zero-order valence-electron chi connectivity index (χ0n) is 19.9. The molecule has 0 radical (unpaired) electrons. The van der Waals surface area contributed by atoms with E-state index >= 15 is 0 Å². The van der Waals surface area contributed by atoms with Crippen molar-refractivity contribution in [3.8, 4) is 0 Å². The van der Waals surface area contributed by atoms with Crippen molar-refractivity contribution in [3.05, 3.63) is 18.5 Å². The Labute approximate surface area is 191 Å². The van der Waals surface area contributed by atoms with E-state index in [9.17, 15) is 4.79 Å². The predicted molar refractivity (Wildman–Crippen MR) is 127 cm³/mol. The lowest BCUT2D eigenvalue weighted by molar-refractivity contribution is -0.144. The Balaban J connectivity index is 1.74. The molecule has 0 saturated carbocycles. The number of ether oxygens (including phenoxy) is 2. The van der Waals surface area contributed by atoms with Crippen molar-refractivity contribution in [1.82, 2.24) is 14.5 Å². The Morgan fingerprint density at radius 1 is 1.29 bits per heavy atom. The Morgan fingerprint density at radius 3 is 2.81 bits per heavy atom. The Hall–Kier alpha value is -1.60. The highest BCUT2D eigenvalue weighted by Gasteiger charge is 2.12. The number of nitrogens with zero attached hydrogens (tertiary/aromatic N) is 3. The summed E-state index contributed by atoms with van der Waals surface area (Å²) in [6.07, 6.45) is 9.68. The molecule has 0 spiro atoms. The van der Waals surface area contributed by atoms with E-state index in [0.717, 1.165) is 42.1 Å². The van der Waals surface area contributed by atoms with Crippen LogP contribution < -0.4 is 0 Å². The molecule has 1 unspecified atom stereocenters. The van der Waals surface area contributed by atoms with E-state index in [0.29, 0.717) is 31.4 Å². The summed E-state index contributed by atoms with van der Waals surface area (Å²) in [6, 6.07) is 1.95. The molecule has 1 atom stereocenters. The number of hydrogen-bond acceptors (Lipinski definition) is 6. The lowest BCUT2D eigenvalue weighted by Crippen LogP contribution is -2.14. The molecule has 0 amide bonds. The van der Waals surface area contributed by atoms with Gasteiger partial charge in [0.15, 0.2) is 5.65 Å². The molecular formula is C24H39N3O3S.